The molecule has 0 aromatic carbocycles. The quantitative estimate of drug-likeness (QED) is 0.826. The number of likely N-dealkylation sites (tertiary alicyclic amines) is 1. The normalized spacial score (nSPS) is 19.4. The lowest BCUT2D eigenvalue weighted by Crippen LogP contribution is -2.43. The molecule has 102 valence electrons. The van der Waals surface area contributed by atoms with Crippen molar-refractivity contribution in [1.82, 2.24) is 14.9 Å². The summed E-state index contributed by atoms with van der Waals surface area (Å²) in [7, 11) is 1.76. The molecule has 7 heteroatoms. The maximum atomic E-state index is 11.4. The Kier molecular flexibility index (Phi) is 3.64. The lowest BCUT2D eigenvalue weighted by atomic mass is 10.1. The van der Waals surface area contributed by atoms with Crippen LogP contribution < -0.4 is 5.32 Å². The Morgan fingerprint density at radius 1 is 1.58 bits per heavy atom. The van der Waals surface area contributed by atoms with Gasteiger partial charge in [0.05, 0.1) is 11.3 Å². The van der Waals surface area contributed by atoms with E-state index in [0.29, 0.717) is 24.6 Å². The molecule has 0 bridgehead atoms. The second-order valence-corrected chi connectivity index (χ2v) is 4.65. The number of carbonyl (C=O) groups excluding carboxylic acids is 1. The zero-order valence-corrected chi connectivity index (χ0v) is 10.9. The molecule has 1 amide bonds. The molecule has 0 aliphatic carbocycles. The van der Waals surface area contributed by atoms with E-state index in [2.05, 4.69) is 15.3 Å². The summed E-state index contributed by atoms with van der Waals surface area (Å²) in [5, 5.41) is 12.0. The number of aromatic nitrogens is 2. The highest BCUT2D eigenvalue weighted by atomic mass is 16.4. The molecule has 1 aromatic heterocycles. The third-order valence-electron chi connectivity index (χ3n) is 3.17. The van der Waals surface area contributed by atoms with Gasteiger partial charge < -0.3 is 15.3 Å². The Morgan fingerprint density at radius 2 is 2.32 bits per heavy atom. The molecule has 1 aliphatic heterocycles. The highest BCUT2D eigenvalue weighted by molar-refractivity contribution is 5.88. The molecule has 0 radical (unpaired) electrons. The second-order valence-electron chi connectivity index (χ2n) is 4.65. The van der Waals surface area contributed by atoms with Crippen molar-refractivity contribution < 1.29 is 14.7 Å². The van der Waals surface area contributed by atoms with Crippen LogP contribution in [0.5, 0.6) is 0 Å². The molecule has 1 fully saturated rings. The van der Waals surface area contributed by atoms with Gasteiger partial charge in [0, 0.05) is 32.3 Å². The first-order valence-corrected chi connectivity index (χ1v) is 6.05. The van der Waals surface area contributed by atoms with Crippen molar-refractivity contribution in [3.05, 3.63) is 17.5 Å². The van der Waals surface area contributed by atoms with Crippen molar-refractivity contribution in [3.63, 3.8) is 0 Å². The molecule has 0 spiro atoms. The molecule has 7 nitrogen and oxygen atoms in total. The number of nitrogens with zero attached hydrogens (tertiary/aromatic N) is 3. The van der Waals surface area contributed by atoms with Crippen LogP contribution in [0, 0.1) is 6.92 Å². The van der Waals surface area contributed by atoms with Gasteiger partial charge in [-0.25, -0.2) is 14.8 Å². The van der Waals surface area contributed by atoms with E-state index in [-0.39, 0.29) is 17.5 Å². The number of rotatable bonds is 3. The fourth-order valence-corrected chi connectivity index (χ4v) is 2.06. The maximum Gasteiger partial charge on any atom is 0.339 e. The second kappa shape index (κ2) is 5.21. The van der Waals surface area contributed by atoms with Crippen LogP contribution in [0.1, 0.15) is 28.9 Å². The van der Waals surface area contributed by atoms with Gasteiger partial charge >= 0.3 is 5.97 Å². The number of carboxylic acids is 1. The van der Waals surface area contributed by atoms with Crippen LogP contribution in [0.25, 0.3) is 0 Å². The number of carboxylic acid groups (broad SMARTS) is 1. The number of aryl methyl sites for hydroxylation is 1. The van der Waals surface area contributed by atoms with E-state index < -0.39 is 5.97 Å². The summed E-state index contributed by atoms with van der Waals surface area (Å²) in [5.74, 6) is -0.501. The molecule has 1 aromatic rings. The Labute approximate surface area is 110 Å². The van der Waals surface area contributed by atoms with Crippen LogP contribution in [-0.2, 0) is 4.79 Å². The van der Waals surface area contributed by atoms with E-state index in [0.717, 1.165) is 6.42 Å². The summed E-state index contributed by atoms with van der Waals surface area (Å²) in [6, 6.07) is 0.0952. The zero-order chi connectivity index (χ0) is 14.0. The van der Waals surface area contributed by atoms with Gasteiger partial charge in [0.1, 0.15) is 0 Å². The number of aromatic carboxylic acids is 1. The van der Waals surface area contributed by atoms with E-state index in [1.807, 2.05) is 0 Å². The number of piperidine rings is 1. The van der Waals surface area contributed by atoms with Crippen LogP contribution in [0.4, 0.5) is 5.95 Å². The monoisotopic (exact) mass is 264 g/mol. The summed E-state index contributed by atoms with van der Waals surface area (Å²) >= 11 is 0. The fourth-order valence-electron chi connectivity index (χ4n) is 2.06. The van der Waals surface area contributed by atoms with E-state index in [9.17, 15) is 9.59 Å². The van der Waals surface area contributed by atoms with Crippen LogP contribution in [-0.4, -0.2) is 51.5 Å². The Hall–Kier alpha value is -2.18. The Balaban J connectivity index is 2.06. The van der Waals surface area contributed by atoms with Gasteiger partial charge in [-0.3, -0.25) is 4.79 Å². The molecular weight excluding hydrogens is 248 g/mol. The van der Waals surface area contributed by atoms with E-state index in [1.165, 1.54) is 6.20 Å². The minimum absolute atomic E-state index is 0.0952. The molecular formula is C12H16N4O3. The molecule has 19 heavy (non-hydrogen) atoms. The number of likely N-dealkylation sites (N-methyl/N-ethyl adjacent to an activating group) is 1. The van der Waals surface area contributed by atoms with Crippen molar-refractivity contribution >= 4 is 17.8 Å². The van der Waals surface area contributed by atoms with Crippen LogP contribution in [0.15, 0.2) is 6.20 Å². The van der Waals surface area contributed by atoms with E-state index >= 15 is 0 Å². The zero-order valence-electron chi connectivity index (χ0n) is 10.9. The largest absolute Gasteiger partial charge is 0.478 e. The van der Waals surface area contributed by atoms with Gasteiger partial charge in [0.25, 0.3) is 0 Å². The number of carbonyl (C=O) groups is 2. The molecule has 2 rings (SSSR count). The van der Waals surface area contributed by atoms with Gasteiger partial charge in [0.15, 0.2) is 0 Å². The molecule has 1 atom stereocenters. The fraction of sp³-hybridized carbons (Fsp3) is 0.500. The lowest BCUT2D eigenvalue weighted by Gasteiger charge is -2.30. The van der Waals surface area contributed by atoms with Crippen molar-refractivity contribution in [1.29, 1.82) is 0 Å². The first-order valence-electron chi connectivity index (χ1n) is 6.05. The summed E-state index contributed by atoms with van der Waals surface area (Å²) in [6.07, 6.45) is 2.53. The van der Waals surface area contributed by atoms with Gasteiger partial charge in [0.2, 0.25) is 11.9 Å². The third-order valence-corrected chi connectivity index (χ3v) is 3.17. The van der Waals surface area contributed by atoms with Crippen LogP contribution >= 0.6 is 0 Å². The smallest absolute Gasteiger partial charge is 0.339 e. The molecule has 1 unspecified atom stereocenters. The van der Waals surface area contributed by atoms with Gasteiger partial charge in [-0.15, -0.1) is 0 Å². The first kappa shape index (κ1) is 13.3. The number of hydrogen-bond donors (Lipinski definition) is 2. The minimum atomic E-state index is -1.04. The number of amides is 1. The minimum Gasteiger partial charge on any atom is -0.478 e. The topological polar surface area (TPSA) is 95.4 Å². The molecule has 2 N–H and O–H groups in total. The predicted molar refractivity (Wildman–Crippen MR) is 68.0 cm³/mol. The van der Waals surface area contributed by atoms with E-state index in [1.54, 1.807) is 18.9 Å². The summed E-state index contributed by atoms with van der Waals surface area (Å²) < 4.78 is 0. The highest BCUT2D eigenvalue weighted by Gasteiger charge is 2.23. The first-order chi connectivity index (χ1) is 8.97. The van der Waals surface area contributed by atoms with Gasteiger partial charge in [-0.05, 0) is 13.3 Å². The van der Waals surface area contributed by atoms with Crippen LogP contribution in [0.2, 0.25) is 0 Å². The number of anilines is 1. The Morgan fingerprint density at radius 3 is 2.89 bits per heavy atom. The summed E-state index contributed by atoms with van der Waals surface area (Å²) in [4.78, 5) is 32.0. The van der Waals surface area contributed by atoms with Crippen molar-refractivity contribution in [2.45, 2.75) is 25.8 Å². The van der Waals surface area contributed by atoms with Crippen LogP contribution in [0.3, 0.4) is 0 Å². The lowest BCUT2D eigenvalue weighted by molar-refractivity contribution is -0.132. The molecule has 2 heterocycles. The maximum absolute atomic E-state index is 11.4. The van der Waals surface area contributed by atoms with Gasteiger partial charge in [-0.1, -0.05) is 0 Å². The SMILES string of the molecule is Cc1nc(NC2CCC(=O)N(C)C2)ncc1C(=O)O. The standard InChI is InChI=1S/C12H16N4O3/c1-7-9(11(18)19)5-13-12(14-7)15-8-3-4-10(17)16(2)6-8/h5,8H,3-4,6H2,1-2H3,(H,18,19)(H,13,14,15). The van der Waals surface area contributed by atoms with Crippen molar-refractivity contribution in [3.8, 4) is 0 Å². The summed E-state index contributed by atoms with van der Waals surface area (Å²) in [5.41, 5.74) is 0.520. The highest BCUT2D eigenvalue weighted by Crippen LogP contribution is 2.14. The molecule has 1 saturated heterocycles. The summed E-state index contributed by atoms with van der Waals surface area (Å²) in [6.45, 7) is 2.23. The molecule has 0 saturated carbocycles. The number of nitrogens with one attached hydrogen (secondary N) is 1. The predicted octanol–water partition coefficient (Wildman–Crippen LogP) is 0.516. The van der Waals surface area contributed by atoms with Crippen molar-refractivity contribution in [2.24, 2.45) is 0 Å². The molecule has 1 aliphatic rings. The van der Waals surface area contributed by atoms with E-state index in [4.69, 9.17) is 5.11 Å². The number of hydrogen-bond acceptors (Lipinski definition) is 5. The van der Waals surface area contributed by atoms with Crippen molar-refractivity contribution in [2.75, 3.05) is 18.9 Å². The third kappa shape index (κ3) is 2.98. The van der Waals surface area contributed by atoms with Gasteiger partial charge in [-0.2, -0.15) is 0 Å². The Bertz CT molecular complexity index is 518. The average Bonchev–Trinajstić information content (AvgIpc) is 2.33. The average molecular weight is 264 g/mol.